The van der Waals surface area contributed by atoms with E-state index in [0.717, 1.165) is 12.2 Å². The second-order valence-electron chi connectivity index (χ2n) is 4.96. The van der Waals surface area contributed by atoms with Crippen molar-refractivity contribution < 1.29 is 4.74 Å². The van der Waals surface area contributed by atoms with Gasteiger partial charge < -0.3 is 10.1 Å². The predicted molar refractivity (Wildman–Crippen MR) is 71.6 cm³/mol. The fraction of sp³-hybridized carbons (Fsp3) is 0.600. The lowest BCUT2D eigenvalue weighted by molar-refractivity contribution is 0.210. The Hall–Kier alpha value is -1.02. The highest BCUT2D eigenvalue weighted by Gasteiger charge is 2.21. The van der Waals surface area contributed by atoms with Gasteiger partial charge in [0.25, 0.3) is 0 Å². The van der Waals surface area contributed by atoms with Crippen LogP contribution in [0.2, 0.25) is 0 Å². The van der Waals surface area contributed by atoms with Crippen molar-refractivity contribution in [3.8, 4) is 5.75 Å². The highest BCUT2D eigenvalue weighted by Crippen LogP contribution is 2.33. The fourth-order valence-electron chi connectivity index (χ4n) is 2.66. The summed E-state index contributed by atoms with van der Waals surface area (Å²) in [6.45, 7) is 4.34. The lowest BCUT2D eigenvalue weighted by atomic mass is 10.1. The molecule has 2 heteroatoms. The molecule has 2 nitrogen and oxygen atoms in total. The molecule has 1 aromatic rings. The van der Waals surface area contributed by atoms with E-state index in [-0.39, 0.29) is 0 Å². The molecule has 94 valence electrons. The topological polar surface area (TPSA) is 21.3 Å². The standard InChI is InChI=1S/C15H23NO/c1-4-5-11(2)17-13-7-8-14-12(10-13)6-9-15(14)16-3/h7-8,10-11,15-16H,4-6,9H2,1-3H3. The number of hydrogen-bond acceptors (Lipinski definition) is 2. The number of nitrogens with one attached hydrogen (secondary N) is 1. The molecular weight excluding hydrogens is 210 g/mol. The van der Waals surface area contributed by atoms with Gasteiger partial charge in [0.15, 0.2) is 0 Å². The molecule has 1 N–H and O–H groups in total. The summed E-state index contributed by atoms with van der Waals surface area (Å²) in [7, 11) is 2.04. The van der Waals surface area contributed by atoms with E-state index in [1.54, 1.807) is 0 Å². The van der Waals surface area contributed by atoms with Crippen molar-refractivity contribution in [3.05, 3.63) is 29.3 Å². The van der Waals surface area contributed by atoms with Gasteiger partial charge in [0, 0.05) is 6.04 Å². The minimum atomic E-state index is 0.319. The van der Waals surface area contributed by atoms with Gasteiger partial charge in [0.05, 0.1) is 6.10 Å². The molecule has 1 aromatic carbocycles. The van der Waals surface area contributed by atoms with Crippen molar-refractivity contribution in [1.29, 1.82) is 0 Å². The predicted octanol–water partition coefficient (Wildman–Crippen LogP) is 3.46. The Bertz CT molecular complexity index is 375. The maximum Gasteiger partial charge on any atom is 0.119 e. The van der Waals surface area contributed by atoms with Crippen molar-refractivity contribution in [2.24, 2.45) is 0 Å². The molecule has 0 fully saturated rings. The number of aryl methyl sites for hydroxylation is 1. The van der Waals surface area contributed by atoms with Gasteiger partial charge in [0.2, 0.25) is 0 Å². The largest absolute Gasteiger partial charge is 0.491 e. The molecule has 0 spiro atoms. The van der Waals surface area contributed by atoms with Crippen LogP contribution in [0.25, 0.3) is 0 Å². The number of benzene rings is 1. The fourth-order valence-corrected chi connectivity index (χ4v) is 2.66. The van der Waals surface area contributed by atoms with Crippen molar-refractivity contribution in [2.45, 2.75) is 51.7 Å². The SMILES string of the molecule is CCCC(C)Oc1ccc2c(c1)CCC2NC. The minimum Gasteiger partial charge on any atom is -0.491 e. The molecular formula is C15H23NO. The van der Waals surface area contributed by atoms with Crippen LogP contribution >= 0.6 is 0 Å². The Morgan fingerprint density at radius 1 is 1.47 bits per heavy atom. The van der Waals surface area contributed by atoms with Crippen LogP contribution < -0.4 is 10.1 Å². The van der Waals surface area contributed by atoms with E-state index >= 15 is 0 Å². The Morgan fingerprint density at radius 2 is 2.29 bits per heavy atom. The van der Waals surface area contributed by atoms with Crippen LogP contribution in [0.1, 0.15) is 50.3 Å². The van der Waals surface area contributed by atoms with Gasteiger partial charge in [-0.1, -0.05) is 19.4 Å². The van der Waals surface area contributed by atoms with Gasteiger partial charge in [-0.25, -0.2) is 0 Å². The van der Waals surface area contributed by atoms with E-state index in [1.165, 1.54) is 30.4 Å². The monoisotopic (exact) mass is 233 g/mol. The summed E-state index contributed by atoms with van der Waals surface area (Å²) in [5, 5.41) is 3.36. The summed E-state index contributed by atoms with van der Waals surface area (Å²) < 4.78 is 5.93. The van der Waals surface area contributed by atoms with Crippen LogP contribution in [0.3, 0.4) is 0 Å². The van der Waals surface area contributed by atoms with Gasteiger partial charge in [-0.3, -0.25) is 0 Å². The molecule has 2 atom stereocenters. The van der Waals surface area contributed by atoms with Crippen LogP contribution in [-0.4, -0.2) is 13.2 Å². The Balaban J connectivity index is 2.07. The minimum absolute atomic E-state index is 0.319. The second-order valence-corrected chi connectivity index (χ2v) is 4.96. The highest BCUT2D eigenvalue weighted by atomic mass is 16.5. The lowest BCUT2D eigenvalue weighted by Crippen LogP contribution is -2.13. The molecule has 0 amide bonds. The summed E-state index contributed by atoms with van der Waals surface area (Å²) in [5.74, 6) is 1.03. The summed E-state index contributed by atoms with van der Waals surface area (Å²) in [6, 6.07) is 7.09. The number of hydrogen-bond donors (Lipinski definition) is 1. The summed E-state index contributed by atoms with van der Waals surface area (Å²) >= 11 is 0. The van der Waals surface area contributed by atoms with Crippen molar-refractivity contribution in [2.75, 3.05) is 7.05 Å². The van der Waals surface area contributed by atoms with Crippen LogP contribution in [0, 0.1) is 0 Å². The number of fused-ring (bicyclic) bond motifs is 1. The van der Waals surface area contributed by atoms with E-state index in [4.69, 9.17) is 4.74 Å². The van der Waals surface area contributed by atoms with Crippen molar-refractivity contribution in [1.82, 2.24) is 5.32 Å². The molecule has 0 aromatic heterocycles. The molecule has 0 saturated carbocycles. The zero-order valence-corrected chi connectivity index (χ0v) is 11.1. The molecule has 1 aliphatic carbocycles. The Labute approximate surface area is 104 Å². The van der Waals surface area contributed by atoms with Gasteiger partial charge in [-0.2, -0.15) is 0 Å². The highest BCUT2D eigenvalue weighted by molar-refractivity contribution is 5.40. The summed E-state index contributed by atoms with van der Waals surface area (Å²) in [4.78, 5) is 0. The summed E-state index contributed by atoms with van der Waals surface area (Å²) in [6.07, 6.45) is 4.99. The van der Waals surface area contributed by atoms with Gasteiger partial charge in [0.1, 0.15) is 5.75 Å². The Kier molecular flexibility index (Phi) is 4.06. The third-order valence-corrected chi connectivity index (χ3v) is 3.57. The second kappa shape index (κ2) is 5.54. The maximum absolute atomic E-state index is 5.93. The molecule has 0 radical (unpaired) electrons. The zero-order valence-electron chi connectivity index (χ0n) is 11.1. The first-order valence-corrected chi connectivity index (χ1v) is 6.71. The average molecular weight is 233 g/mol. The lowest BCUT2D eigenvalue weighted by Gasteiger charge is -2.15. The first-order valence-electron chi connectivity index (χ1n) is 6.71. The molecule has 2 unspecified atom stereocenters. The third-order valence-electron chi connectivity index (χ3n) is 3.57. The van der Waals surface area contributed by atoms with E-state index < -0.39 is 0 Å². The van der Waals surface area contributed by atoms with Crippen LogP contribution in [0.4, 0.5) is 0 Å². The zero-order chi connectivity index (χ0) is 12.3. The van der Waals surface area contributed by atoms with Crippen molar-refractivity contribution >= 4 is 0 Å². The van der Waals surface area contributed by atoms with Gasteiger partial charge in [-0.15, -0.1) is 0 Å². The molecule has 0 bridgehead atoms. The maximum atomic E-state index is 5.93. The van der Waals surface area contributed by atoms with E-state index in [1.807, 2.05) is 7.05 Å². The third kappa shape index (κ3) is 2.81. The van der Waals surface area contributed by atoms with E-state index in [2.05, 4.69) is 37.4 Å². The van der Waals surface area contributed by atoms with Gasteiger partial charge >= 0.3 is 0 Å². The van der Waals surface area contributed by atoms with Crippen LogP contribution in [0.15, 0.2) is 18.2 Å². The molecule has 2 rings (SSSR count). The normalized spacial score (nSPS) is 20.1. The number of rotatable bonds is 5. The molecule has 0 saturated heterocycles. The van der Waals surface area contributed by atoms with E-state index in [0.29, 0.717) is 12.1 Å². The van der Waals surface area contributed by atoms with Gasteiger partial charge in [-0.05, 0) is 56.5 Å². The summed E-state index contributed by atoms with van der Waals surface area (Å²) in [5.41, 5.74) is 2.90. The smallest absolute Gasteiger partial charge is 0.119 e. The van der Waals surface area contributed by atoms with Crippen LogP contribution in [-0.2, 0) is 6.42 Å². The van der Waals surface area contributed by atoms with Crippen LogP contribution in [0.5, 0.6) is 5.75 Å². The number of ether oxygens (including phenoxy) is 1. The first kappa shape index (κ1) is 12.4. The molecule has 17 heavy (non-hydrogen) atoms. The average Bonchev–Trinajstić information content (AvgIpc) is 2.71. The van der Waals surface area contributed by atoms with E-state index in [9.17, 15) is 0 Å². The Morgan fingerprint density at radius 3 is 3.00 bits per heavy atom. The molecule has 0 heterocycles. The molecule has 0 aliphatic heterocycles. The first-order chi connectivity index (χ1) is 8.24. The quantitative estimate of drug-likeness (QED) is 0.841. The molecule has 1 aliphatic rings. The van der Waals surface area contributed by atoms with Crippen molar-refractivity contribution in [3.63, 3.8) is 0 Å².